The van der Waals surface area contributed by atoms with Gasteiger partial charge in [0.25, 0.3) is 0 Å². The average Bonchev–Trinajstić information content (AvgIpc) is 3.05. The summed E-state index contributed by atoms with van der Waals surface area (Å²) in [4.78, 5) is 0. The molecule has 176 valence electrons. The Morgan fingerprint density at radius 1 is 1.06 bits per heavy atom. The molecular formula is C30H50O. The standard InChI is InChI=1S/C30H50O/c1-20(2)9-8-10-22(5)26-13-14-27-25-12-11-23-19-24(31-21(3)4)15-17-29(23,6)28(25)16-18-30(26,27)7/h11,20,22,24-28H,3,8-10,12-19H2,1-2,4-7H3/t22-,24+,25?,26?,27?,28?,29+,30-/m1/s1. The van der Waals surface area contributed by atoms with Crippen molar-refractivity contribution in [1.29, 1.82) is 0 Å². The molecule has 3 fully saturated rings. The molecule has 4 aliphatic rings. The first kappa shape index (κ1) is 23.4. The maximum absolute atomic E-state index is 6.06. The van der Waals surface area contributed by atoms with Crippen LogP contribution in [0.1, 0.15) is 112 Å². The van der Waals surface area contributed by atoms with Crippen LogP contribution in [0.5, 0.6) is 0 Å². The van der Waals surface area contributed by atoms with Crippen LogP contribution in [-0.2, 0) is 4.74 Å². The minimum absolute atomic E-state index is 0.366. The highest BCUT2D eigenvalue weighted by Gasteiger charge is 2.59. The van der Waals surface area contributed by atoms with Crippen molar-refractivity contribution < 1.29 is 4.74 Å². The van der Waals surface area contributed by atoms with E-state index in [1.807, 2.05) is 6.92 Å². The van der Waals surface area contributed by atoms with Crippen molar-refractivity contribution in [2.24, 2.45) is 46.3 Å². The third-order valence-corrected chi connectivity index (χ3v) is 10.6. The normalized spacial score (nSPS) is 42.9. The first-order valence-corrected chi connectivity index (χ1v) is 13.7. The second-order valence-electron chi connectivity index (χ2n) is 13.0. The summed E-state index contributed by atoms with van der Waals surface area (Å²) in [5, 5.41) is 0. The summed E-state index contributed by atoms with van der Waals surface area (Å²) >= 11 is 0. The molecule has 0 radical (unpaired) electrons. The highest BCUT2D eigenvalue weighted by Crippen LogP contribution is 2.67. The second kappa shape index (κ2) is 8.90. The molecular weight excluding hydrogens is 376 g/mol. The van der Waals surface area contributed by atoms with Crippen molar-refractivity contribution in [2.45, 2.75) is 118 Å². The molecule has 0 amide bonds. The Bertz CT molecular complexity index is 689. The molecule has 0 aromatic rings. The largest absolute Gasteiger partial charge is 0.495 e. The van der Waals surface area contributed by atoms with E-state index in [4.69, 9.17) is 4.74 Å². The van der Waals surface area contributed by atoms with Crippen LogP contribution < -0.4 is 0 Å². The number of rotatable bonds is 7. The minimum atomic E-state index is 0.366. The van der Waals surface area contributed by atoms with Gasteiger partial charge in [-0.25, -0.2) is 0 Å². The molecule has 0 spiro atoms. The Labute approximate surface area is 193 Å². The van der Waals surface area contributed by atoms with Gasteiger partial charge in [0.1, 0.15) is 6.10 Å². The van der Waals surface area contributed by atoms with Crippen molar-refractivity contribution in [3.63, 3.8) is 0 Å². The maximum atomic E-state index is 6.06. The Hall–Kier alpha value is -0.720. The smallest absolute Gasteiger partial charge is 0.102 e. The Balaban J connectivity index is 1.47. The number of hydrogen-bond donors (Lipinski definition) is 0. The van der Waals surface area contributed by atoms with Gasteiger partial charge < -0.3 is 4.74 Å². The van der Waals surface area contributed by atoms with Gasteiger partial charge in [-0.1, -0.05) is 72.1 Å². The van der Waals surface area contributed by atoms with Crippen LogP contribution in [0, 0.1) is 46.3 Å². The lowest BCUT2D eigenvalue weighted by Gasteiger charge is -2.58. The highest BCUT2D eigenvalue weighted by molar-refractivity contribution is 5.25. The van der Waals surface area contributed by atoms with Crippen LogP contribution in [0.4, 0.5) is 0 Å². The second-order valence-corrected chi connectivity index (χ2v) is 13.0. The number of ether oxygens (including phenoxy) is 1. The van der Waals surface area contributed by atoms with E-state index in [9.17, 15) is 0 Å². The van der Waals surface area contributed by atoms with E-state index in [2.05, 4.69) is 47.3 Å². The quantitative estimate of drug-likeness (QED) is 0.291. The fraction of sp³-hybridized carbons (Fsp3) is 0.867. The molecule has 31 heavy (non-hydrogen) atoms. The van der Waals surface area contributed by atoms with Gasteiger partial charge in [-0.2, -0.15) is 0 Å². The van der Waals surface area contributed by atoms with E-state index in [0.29, 0.717) is 16.9 Å². The fourth-order valence-electron chi connectivity index (χ4n) is 9.04. The molecule has 4 aliphatic carbocycles. The molecule has 0 saturated heterocycles. The fourth-order valence-corrected chi connectivity index (χ4v) is 9.04. The lowest BCUT2D eigenvalue weighted by atomic mass is 9.47. The molecule has 4 rings (SSSR count). The van der Waals surface area contributed by atoms with Crippen LogP contribution in [0.2, 0.25) is 0 Å². The van der Waals surface area contributed by atoms with E-state index in [-0.39, 0.29) is 0 Å². The monoisotopic (exact) mass is 426 g/mol. The molecule has 4 unspecified atom stereocenters. The van der Waals surface area contributed by atoms with E-state index < -0.39 is 0 Å². The lowest BCUT2D eigenvalue weighted by molar-refractivity contribution is -0.0591. The molecule has 0 aromatic carbocycles. The summed E-state index contributed by atoms with van der Waals surface area (Å²) in [6, 6.07) is 0. The SMILES string of the molecule is C=C(C)O[C@H]1CC[C@@]2(C)C(=CCC3C4CCC([C@H](C)CCCC(C)C)[C@@]4(C)CCC32)C1. The molecule has 0 aliphatic heterocycles. The summed E-state index contributed by atoms with van der Waals surface area (Å²) in [6.45, 7) is 18.7. The van der Waals surface area contributed by atoms with Gasteiger partial charge in [0.2, 0.25) is 0 Å². The van der Waals surface area contributed by atoms with Crippen LogP contribution in [0.15, 0.2) is 24.0 Å². The van der Waals surface area contributed by atoms with Gasteiger partial charge in [-0.3, -0.25) is 0 Å². The molecule has 0 heterocycles. The third-order valence-electron chi connectivity index (χ3n) is 10.6. The van der Waals surface area contributed by atoms with E-state index in [0.717, 1.165) is 47.7 Å². The molecule has 3 saturated carbocycles. The Kier molecular flexibility index (Phi) is 6.73. The maximum Gasteiger partial charge on any atom is 0.102 e. The summed E-state index contributed by atoms with van der Waals surface area (Å²) in [7, 11) is 0. The van der Waals surface area contributed by atoms with E-state index in [1.54, 1.807) is 5.57 Å². The number of fused-ring (bicyclic) bond motifs is 5. The molecule has 1 nitrogen and oxygen atoms in total. The van der Waals surface area contributed by atoms with Crippen molar-refractivity contribution in [3.05, 3.63) is 24.0 Å². The first-order valence-electron chi connectivity index (χ1n) is 13.7. The van der Waals surface area contributed by atoms with E-state index in [1.165, 1.54) is 64.2 Å². The summed E-state index contributed by atoms with van der Waals surface area (Å²) in [6.07, 6.45) is 18.3. The number of allylic oxidation sites excluding steroid dienone is 2. The summed E-state index contributed by atoms with van der Waals surface area (Å²) in [5.74, 6) is 6.41. The lowest BCUT2D eigenvalue weighted by Crippen LogP contribution is -2.51. The molecule has 0 aromatic heterocycles. The van der Waals surface area contributed by atoms with Gasteiger partial charge in [-0.05, 0) is 98.2 Å². The molecule has 0 N–H and O–H groups in total. The predicted molar refractivity (Wildman–Crippen MR) is 133 cm³/mol. The van der Waals surface area contributed by atoms with Gasteiger partial charge in [0, 0.05) is 6.42 Å². The van der Waals surface area contributed by atoms with Gasteiger partial charge in [0.05, 0.1) is 5.76 Å². The molecule has 1 heteroatoms. The third kappa shape index (κ3) is 4.29. The summed E-state index contributed by atoms with van der Waals surface area (Å²) in [5.41, 5.74) is 2.76. The predicted octanol–water partition coefficient (Wildman–Crippen LogP) is 8.95. The van der Waals surface area contributed by atoms with Gasteiger partial charge >= 0.3 is 0 Å². The summed E-state index contributed by atoms with van der Waals surface area (Å²) < 4.78 is 6.06. The molecule has 8 atom stereocenters. The topological polar surface area (TPSA) is 9.23 Å². The van der Waals surface area contributed by atoms with Crippen LogP contribution in [0.3, 0.4) is 0 Å². The zero-order chi connectivity index (χ0) is 22.4. The van der Waals surface area contributed by atoms with Crippen LogP contribution >= 0.6 is 0 Å². The highest BCUT2D eigenvalue weighted by atomic mass is 16.5. The minimum Gasteiger partial charge on any atom is -0.495 e. The van der Waals surface area contributed by atoms with Crippen molar-refractivity contribution in [1.82, 2.24) is 0 Å². The van der Waals surface area contributed by atoms with Crippen molar-refractivity contribution >= 4 is 0 Å². The Morgan fingerprint density at radius 2 is 1.84 bits per heavy atom. The zero-order valence-electron chi connectivity index (χ0n) is 21.5. The average molecular weight is 427 g/mol. The first-order chi connectivity index (χ1) is 14.6. The van der Waals surface area contributed by atoms with Crippen LogP contribution in [0.25, 0.3) is 0 Å². The van der Waals surface area contributed by atoms with Crippen molar-refractivity contribution in [2.75, 3.05) is 0 Å². The van der Waals surface area contributed by atoms with E-state index >= 15 is 0 Å². The molecule has 0 bridgehead atoms. The van der Waals surface area contributed by atoms with Crippen LogP contribution in [-0.4, -0.2) is 6.10 Å². The zero-order valence-corrected chi connectivity index (χ0v) is 21.5. The Morgan fingerprint density at radius 3 is 2.55 bits per heavy atom. The number of hydrogen-bond acceptors (Lipinski definition) is 1. The van der Waals surface area contributed by atoms with Crippen molar-refractivity contribution in [3.8, 4) is 0 Å². The van der Waals surface area contributed by atoms with Gasteiger partial charge in [0.15, 0.2) is 0 Å². The van der Waals surface area contributed by atoms with Gasteiger partial charge in [-0.15, -0.1) is 0 Å².